The minimum atomic E-state index is -2.87. The van der Waals surface area contributed by atoms with Crippen LogP contribution in [0.1, 0.15) is 0 Å². The summed E-state index contributed by atoms with van der Waals surface area (Å²) in [7, 11) is -2.87. The zero-order valence-electron chi connectivity index (χ0n) is 4.97. The van der Waals surface area contributed by atoms with Gasteiger partial charge in [-0.05, 0) is 11.4 Å². The van der Waals surface area contributed by atoms with Gasteiger partial charge in [0.15, 0.2) is 0 Å². The summed E-state index contributed by atoms with van der Waals surface area (Å²) in [4.78, 5) is 14.2. The molecule has 0 aromatic carbocycles. The zero-order chi connectivity index (χ0) is 7.98. The fourth-order valence-electron chi connectivity index (χ4n) is 0.275. The Balaban J connectivity index is 0.000000180. The second-order valence-electron chi connectivity index (χ2n) is 1.31. The summed E-state index contributed by atoms with van der Waals surface area (Å²) in [6.07, 6.45) is 0. The molecule has 6 heteroatoms. The van der Waals surface area contributed by atoms with Crippen LogP contribution in [0.25, 0.3) is 0 Å². The summed E-state index contributed by atoms with van der Waals surface area (Å²) in [5.41, 5.74) is 6.15. The first-order valence-corrected chi connectivity index (χ1v) is 4.36. The smallest absolute Gasteiger partial charge is 0.398 e. The van der Waals surface area contributed by atoms with E-state index in [0.29, 0.717) is 0 Å². The minimum absolute atomic E-state index is 0.861. The molecule has 1 aromatic heterocycles. The van der Waals surface area contributed by atoms with Crippen LogP contribution < -0.4 is 5.73 Å². The summed E-state index contributed by atoms with van der Waals surface area (Å²) >= 11 is 1.61. The number of anilines is 1. The molecular weight excluding hydrogens is 173 g/mol. The summed E-state index contributed by atoms with van der Waals surface area (Å²) in [6, 6.07) is 1.88. The molecule has 0 aliphatic carbocycles. The highest BCUT2D eigenvalue weighted by Gasteiger charge is 1.93. The van der Waals surface area contributed by atoms with Gasteiger partial charge in [0.05, 0.1) is 0 Å². The first kappa shape index (κ1) is 9.52. The molecule has 0 radical (unpaired) electrons. The molecule has 0 spiro atoms. The molecule has 0 amide bonds. The lowest BCUT2D eigenvalue weighted by Crippen LogP contribution is -1.74. The van der Waals surface area contributed by atoms with E-state index < -0.39 is 8.25 Å². The summed E-state index contributed by atoms with van der Waals surface area (Å²) in [5, 5.41) is 3.86. The zero-order valence-corrected chi connectivity index (χ0v) is 6.68. The molecule has 1 heterocycles. The minimum Gasteiger partial charge on any atom is -0.398 e. The van der Waals surface area contributed by atoms with E-state index in [-0.39, 0.29) is 0 Å². The maximum atomic E-state index is 8.70. The Morgan fingerprint density at radius 1 is 1.60 bits per heavy atom. The van der Waals surface area contributed by atoms with Crippen LogP contribution in [-0.2, 0) is 4.57 Å². The highest BCUT2D eigenvalue weighted by atomic mass is 32.1. The third kappa shape index (κ3) is 7.52. The van der Waals surface area contributed by atoms with Crippen molar-refractivity contribution in [1.82, 2.24) is 0 Å². The maximum absolute atomic E-state index is 8.70. The van der Waals surface area contributed by atoms with E-state index >= 15 is 0 Å². The Labute approximate surface area is 62.9 Å². The second-order valence-corrected chi connectivity index (χ2v) is 2.59. The lowest BCUT2D eigenvalue weighted by molar-refractivity contribution is 0.405. The van der Waals surface area contributed by atoms with Crippen molar-refractivity contribution >= 4 is 25.3 Å². The van der Waals surface area contributed by atoms with Crippen molar-refractivity contribution in [3.63, 3.8) is 0 Å². The van der Waals surface area contributed by atoms with E-state index in [4.69, 9.17) is 20.1 Å². The van der Waals surface area contributed by atoms with Crippen LogP contribution in [0.5, 0.6) is 0 Å². The van der Waals surface area contributed by atoms with Crippen LogP contribution in [-0.4, -0.2) is 9.79 Å². The summed E-state index contributed by atoms with van der Waals surface area (Å²) in [6.45, 7) is 0. The predicted octanol–water partition coefficient (Wildman–Crippen LogP) is 0.959. The second kappa shape index (κ2) is 5.32. The Hall–Kier alpha value is -0.480. The highest BCUT2D eigenvalue weighted by Crippen LogP contribution is 2.05. The van der Waals surface area contributed by atoms with Crippen molar-refractivity contribution in [3.05, 3.63) is 16.8 Å². The van der Waals surface area contributed by atoms with Crippen LogP contribution in [0.4, 0.5) is 5.69 Å². The largest absolute Gasteiger partial charge is 0.692 e. The molecule has 56 valence electrons. The lowest BCUT2D eigenvalue weighted by Gasteiger charge is -1.68. The number of hydrogen-bond donors (Lipinski definition) is 3. The molecule has 4 N–H and O–H groups in total. The van der Waals surface area contributed by atoms with Gasteiger partial charge in [0, 0.05) is 15.6 Å². The molecular formula is C4H7NO3PS+. The number of nitrogens with two attached hydrogens (primary N) is 1. The normalized spacial score (nSPS) is 7.80. The molecule has 0 aliphatic rings. The SMILES string of the molecule is Nc1ccsc1.O=[P+](O)O. The molecule has 1 aromatic rings. The summed E-state index contributed by atoms with van der Waals surface area (Å²) in [5.74, 6) is 0. The number of rotatable bonds is 0. The van der Waals surface area contributed by atoms with E-state index in [1.54, 1.807) is 11.3 Å². The monoisotopic (exact) mass is 180 g/mol. The first-order valence-electron chi connectivity index (χ1n) is 2.25. The van der Waals surface area contributed by atoms with E-state index in [1.165, 1.54) is 0 Å². The van der Waals surface area contributed by atoms with Gasteiger partial charge in [-0.3, -0.25) is 0 Å². The van der Waals surface area contributed by atoms with Crippen LogP contribution in [0.15, 0.2) is 16.8 Å². The molecule has 10 heavy (non-hydrogen) atoms. The van der Waals surface area contributed by atoms with Gasteiger partial charge in [0.2, 0.25) is 0 Å². The van der Waals surface area contributed by atoms with Gasteiger partial charge >= 0.3 is 8.25 Å². The van der Waals surface area contributed by atoms with Crippen molar-refractivity contribution < 1.29 is 14.4 Å². The van der Waals surface area contributed by atoms with Gasteiger partial charge in [-0.1, -0.05) is 0 Å². The Morgan fingerprint density at radius 2 is 2.10 bits per heavy atom. The van der Waals surface area contributed by atoms with Gasteiger partial charge in [0.25, 0.3) is 0 Å². The highest BCUT2D eigenvalue weighted by molar-refractivity contribution is 7.30. The predicted molar refractivity (Wildman–Crippen MR) is 40.8 cm³/mol. The average molecular weight is 180 g/mol. The first-order chi connectivity index (χ1) is 4.63. The van der Waals surface area contributed by atoms with Gasteiger partial charge < -0.3 is 5.73 Å². The van der Waals surface area contributed by atoms with Crippen LogP contribution in [0.2, 0.25) is 0 Å². The standard InChI is InChI=1S/C4H5NS.HO3P/c5-4-1-2-6-3-4;1-4(2)3/h1-3H,5H2;(H-,1,2,3)/p+1. The molecule has 0 unspecified atom stereocenters. The maximum Gasteiger partial charge on any atom is 0.692 e. The van der Waals surface area contributed by atoms with Crippen LogP contribution in [0, 0.1) is 0 Å². The molecule has 0 fully saturated rings. The van der Waals surface area contributed by atoms with E-state index in [2.05, 4.69) is 0 Å². The van der Waals surface area contributed by atoms with Crippen LogP contribution in [0.3, 0.4) is 0 Å². The molecule has 1 rings (SSSR count). The van der Waals surface area contributed by atoms with E-state index in [0.717, 1.165) is 5.69 Å². The molecule has 0 bridgehead atoms. The van der Waals surface area contributed by atoms with Gasteiger partial charge in [-0.15, -0.1) is 9.79 Å². The van der Waals surface area contributed by atoms with Gasteiger partial charge in [-0.2, -0.15) is 11.3 Å². The Kier molecular flexibility index (Phi) is 5.06. The third-order valence-corrected chi connectivity index (χ3v) is 1.24. The summed E-state index contributed by atoms with van der Waals surface area (Å²) < 4.78 is 8.70. The van der Waals surface area contributed by atoms with Crippen molar-refractivity contribution in [2.75, 3.05) is 5.73 Å². The molecule has 0 saturated carbocycles. The van der Waals surface area contributed by atoms with Crippen molar-refractivity contribution in [2.24, 2.45) is 0 Å². The third-order valence-electron chi connectivity index (χ3n) is 0.543. The van der Waals surface area contributed by atoms with Gasteiger partial charge in [0.1, 0.15) is 0 Å². The number of hydrogen-bond acceptors (Lipinski definition) is 3. The van der Waals surface area contributed by atoms with E-state index in [9.17, 15) is 0 Å². The van der Waals surface area contributed by atoms with Crippen LogP contribution >= 0.6 is 19.6 Å². The fraction of sp³-hybridized carbons (Fsp3) is 0. The topological polar surface area (TPSA) is 83.6 Å². The quantitative estimate of drug-likeness (QED) is 0.519. The molecule has 0 aliphatic heterocycles. The number of thiophene rings is 1. The van der Waals surface area contributed by atoms with Crippen molar-refractivity contribution in [2.45, 2.75) is 0 Å². The fourth-order valence-corrected chi connectivity index (χ4v) is 0.825. The van der Waals surface area contributed by atoms with Gasteiger partial charge in [-0.25, -0.2) is 0 Å². The Bertz CT molecular complexity index is 184. The lowest BCUT2D eigenvalue weighted by atomic mass is 10.6. The number of nitrogen functional groups attached to an aromatic ring is 1. The van der Waals surface area contributed by atoms with Crippen molar-refractivity contribution in [3.8, 4) is 0 Å². The molecule has 0 saturated heterocycles. The average Bonchev–Trinajstić information content (AvgIpc) is 2.15. The van der Waals surface area contributed by atoms with Crippen molar-refractivity contribution in [1.29, 1.82) is 0 Å². The molecule has 4 nitrogen and oxygen atoms in total. The molecule has 0 atom stereocenters. The van der Waals surface area contributed by atoms with E-state index in [1.807, 2.05) is 16.8 Å². The Morgan fingerprint density at radius 3 is 2.20 bits per heavy atom.